The Balaban J connectivity index is 2.74. The SMILES string of the molecule is CC(C)c1[nH]ccc1C(=O)NCC(C)(O)C(F)(F)F. The molecule has 0 bridgehead atoms. The van der Waals surface area contributed by atoms with E-state index in [9.17, 15) is 23.1 Å². The number of H-pyrrole nitrogens is 1. The van der Waals surface area contributed by atoms with E-state index in [-0.39, 0.29) is 11.5 Å². The fourth-order valence-corrected chi connectivity index (χ4v) is 1.51. The Morgan fingerprint density at radius 1 is 1.47 bits per heavy atom. The van der Waals surface area contributed by atoms with Crippen molar-refractivity contribution in [2.24, 2.45) is 0 Å². The number of rotatable bonds is 4. The molecule has 1 unspecified atom stereocenters. The van der Waals surface area contributed by atoms with Crippen molar-refractivity contribution in [2.75, 3.05) is 6.54 Å². The van der Waals surface area contributed by atoms with E-state index in [4.69, 9.17) is 0 Å². The van der Waals surface area contributed by atoms with E-state index >= 15 is 0 Å². The van der Waals surface area contributed by atoms with Crippen LogP contribution in [0.3, 0.4) is 0 Å². The number of alkyl halides is 3. The summed E-state index contributed by atoms with van der Waals surface area (Å²) in [6.45, 7) is 3.44. The number of carbonyl (C=O) groups is 1. The zero-order chi connectivity index (χ0) is 14.8. The predicted octanol–water partition coefficient (Wildman–Crippen LogP) is 2.18. The minimum Gasteiger partial charge on any atom is -0.379 e. The van der Waals surface area contributed by atoms with Gasteiger partial charge in [0.25, 0.3) is 5.91 Å². The van der Waals surface area contributed by atoms with Gasteiger partial charge in [0.05, 0.1) is 12.1 Å². The maximum Gasteiger partial charge on any atom is 0.418 e. The van der Waals surface area contributed by atoms with Crippen molar-refractivity contribution >= 4 is 5.91 Å². The van der Waals surface area contributed by atoms with Crippen LogP contribution in [0.1, 0.15) is 42.7 Å². The highest BCUT2D eigenvalue weighted by molar-refractivity contribution is 5.95. The van der Waals surface area contributed by atoms with E-state index in [2.05, 4.69) is 10.3 Å². The first kappa shape index (κ1) is 15.6. The van der Waals surface area contributed by atoms with Gasteiger partial charge in [-0.15, -0.1) is 0 Å². The lowest BCUT2D eigenvalue weighted by Crippen LogP contribution is -2.51. The lowest BCUT2D eigenvalue weighted by Gasteiger charge is -2.26. The fraction of sp³-hybridized carbons (Fsp3) is 0.583. The van der Waals surface area contributed by atoms with Crippen LogP contribution in [-0.4, -0.2) is 34.3 Å². The summed E-state index contributed by atoms with van der Waals surface area (Å²) in [7, 11) is 0. The first-order valence-corrected chi connectivity index (χ1v) is 5.81. The topological polar surface area (TPSA) is 65.1 Å². The fourth-order valence-electron chi connectivity index (χ4n) is 1.51. The van der Waals surface area contributed by atoms with Crippen LogP contribution < -0.4 is 5.32 Å². The number of aromatic amines is 1. The molecule has 1 amide bonds. The molecule has 108 valence electrons. The molecular weight excluding hydrogens is 261 g/mol. The van der Waals surface area contributed by atoms with Gasteiger partial charge in [0.2, 0.25) is 0 Å². The number of halogens is 3. The normalized spacial score (nSPS) is 15.4. The highest BCUT2D eigenvalue weighted by atomic mass is 19.4. The van der Waals surface area contributed by atoms with Crippen LogP contribution in [0, 0.1) is 0 Å². The minimum absolute atomic E-state index is 0.0406. The molecule has 7 heteroatoms. The third-order valence-corrected chi connectivity index (χ3v) is 2.80. The maximum atomic E-state index is 12.4. The van der Waals surface area contributed by atoms with Gasteiger partial charge in [-0.3, -0.25) is 4.79 Å². The monoisotopic (exact) mass is 278 g/mol. The zero-order valence-electron chi connectivity index (χ0n) is 10.9. The Bertz CT molecular complexity index is 450. The molecule has 0 fully saturated rings. The number of nitrogens with one attached hydrogen (secondary N) is 2. The predicted molar refractivity (Wildman–Crippen MR) is 63.9 cm³/mol. The molecule has 1 rings (SSSR count). The first-order valence-electron chi connectivity index (χ1n) is 5.81. The van der Waals surface area contributed by atoms with E-state index in [0.717, 1.165) is 0 Å². The largest absolute Gasteiger partial charge is 0.418 e. The van der Waals surface area contributed by atoms with Crippen LogP contribution >= 0.6 is 0 Å². The van der Waals surface area contributed by atoms with Gasteiger partial charge in [0.1, 0.15) is 0 Å². The Morgan fingerprint density at radius 2 is 2.05 bits per heavy atom. The molecule has 0 aliphatic carbocycles. The average Bonchev–Trinajstić information content (AvgIpc) is 2.73. The molecule has 4 nitrogen and oxygen atoms in total. The molecule has 0 saturated carbocycles. The van der Waals surface area contributed by atoms with Crippen molar-refractivity contribution < 1.29 is 23.1 Å². The summed E-state index contributed by atoms with van der Waals surface area (Å²) in [5.41, 5.74) is -2.02. The van der Waals surface area contributed by atoms with Crippen LogP contribution in [0.2, 0.25) is 0 Å². The minimum atomic E-state index is -4.79. The van der Waals surface area contributed by atoms with Crippen LogP contribution in [-0.2, 0) is 0 Å². The summed E-state index contributed by atoms with van der Waals surface area (Å²) in [5, 5.41) is 11.3. The molecular formula is C12H17F3N2O2. The molecule has 1 aromatic rings. The molecule has 19 heavy (non-hydrogen) atoms. The van der Waals surface area contributed by atoms with Crippen molar-refractivity contribution in [1.82, 2.24) is 10.3 Å². The van der Waals surface area contributed by atoms with Gasteiger partial charge in [-0.1, -0.05) is 13.8 Å². The Morgan fingerprint density at radius 3 is 2.53 bits per heavy atom. The van der Waals surface area contributed by atoms with Crippen molar-refractivity contribution in [3.05, 3.63) is 23.5 Å². The molecule has 1 heterocycles. The van der Waals surface area contributed by atoms with E-state index in [0.29, 0.717) is 12.6 Å². The molecule has 0 aliphatic heterocycles. The van der Waals surface area contributed by atoms with Gasteiger partial charge >= 0.3 is 6.18 Å². The number of carbonyl (C=O) groups excluding carboxylic acids is 1. The quantitative estimate of drug-likeness (QED) is 0.790. The van der Waals surface area contributed by atoms with E-state index in [1.54, 1.807) is 6.20 Å². The Hall–Kier alpha value is -1.50. The third kappa shape index (κ3) is 3.50. The number of amides is 1. The standard InChI is InChI=1S/C12H17F3N2O2/c1-7(2)9-8(4-5-16-9)10(18)17-6-11(3,19)12(13,14)15/h4-5,7,16,19H,6H2,1-3H3,(H,17,18). The van der Waals surface area contributed by atoms with Gasteiger partial charge in [0.15, 0.2) is 5.60 Å². The summed E-state index contributed by atoms with van der Waals surface area (Å²) in [5.74, 6) is -0.603. The van der Waals surface area contributed by atoms with Crippen molar-refractivity contribution in [1.29, 1.82) is 0 Å². The summed E-state index contributed by atoms with van der Waals surface area (Å²) < 4.78 is 37.3. The van der Waals surface area contributed by atoms with E-state index in [1.807, 2.05) is 13.8 Å². The second kappa shape index (κ2) is 5.24. The van der Waals surface area contributed by atoms with E-state index < -0.39 is 24.2 Å². The molecule has 1 aromatic heterocycles. The molecule has 0 aromatic carbocycles. The Kier molecular flexibility index (Phi) is 4.29. The smallest absolute Gasteiger partial charge is 0.379 e. The molecule has 3 N–H and O–H groups in total. The van der Waals surface area contributed by atoms with Gasteiger partial charge < -0.3 is 15.4 Å². The average molecular weight is 278 g/mol. The highest BCUT2D eigenvalue weighted by Crippen LogP contribution is 2.29. The Labute approximate surface area is 109 Å². The van der Waals surface area contributed by atoms with Crippen molar-refractivity contribution in [3.8, 4) is 0 Å². The van der Waals surface area contributed by atoms with Gasteiger partial charge in [-0.2, -0.15) is 13.2 Å². The molecule has 0 aliphatic rings. The van der Waals surface area contributed by atoms with E-state index in [1.165, 1.54) is 6.07 Å². The van der Waals surface area contributed by atoms with Crippen LogP contribution in [0.25, 0.3) is 0 Å². The molecule has 0 radical (unpaired) electrons. The lowest BCUT2D eigenvalue weighted by molar-refractivity contribution is -0.249. The lowest BCUT2D eigenvalue weighted by atomic mass is 10.0. The summed E-state index contributed by atoms with van der Waals surface area (Å²) in [6, 6.07) is 1.49. The molecule has 0 saturated heterocycles. The number of hydrogen-bond acceptors (Lipinski definition) is 2. The second-order valence-electron chi connectivity index (χ2n) is 4.91. The summed E-state index contributed by atoms with van der Waals surface area (Å²) in [4.78, 5) is 14.7. The highest BCUT2D eigenvalue weighted by Gasteiger charge is 2.49. The molecule has 1 atom stereocenters. The maximum absolute atomic E-state index is 12.4. The number of aliphatic hydroxyl groups is 1. The van der Waals surface area contributed by atoms with Crippen LogP contribution in [0.4, 0.5) is 13.2 Å². The second-order valence-corrected chi connectivity index (χ2v) is 4.91. The van der Waals surface area contributed by atoms with Gasteiger partial charge in [-0.25, -0.2) is 0 Å². The number of aromatic nitrogens is 1. The van der Waals surface area contributed by atoms with Crippen molar-refractivity contribution in [3.63, 3.8) is 0 Å². The summed E-state index contributed by atoms with van der Waals surface area (Å²) in [6.07, 6.45) is -3.24. The zero-order valence-corrected chi connectivity index (χ0v) is 10.9. The van der Waals surface area contributed by atoms with Crippen molar-refractivity contribution in [2.45, 2.75) is 38.5 Å². The first-order chi connectivity index (χ1) is 8.56. The van der Waals surface area contributed by atoms with Gasteiger partial charge in [0, 0.05) is 11.9 Å². The van der Waals surface area contributed by atoms with Crippen LogP contribution in [0.5, 0.6) is 0 Å². The van der Waals surface area contributed by atoms with Gasteiger partial charge in [-0.05, 0) is 18.9 Å². The third-order valence-electron chi connectivity index (χ3n) is 2.80. The van der Waals surface area contributed by atoms with Crippen LogP contribution in [0.15, 0.2) is 12.3 Å². The number of hydrogen-bond donors (Lipinski definition) is 3. The molecule has 0 spiro atoms. The summed E-state index contributed by atoms with van der Waals surface area (Å²) >= 11 is 0.